The van der Waals surface area contributed by atoms with Gasteiger partial charge >= 0.3 is 0 Å². The van der Waals surface area contributed by atoms with Crippen molar-refractivity contribution in [2.75, 3.05) is 12.4 Å². The number of ether oxygens (including phenoxy) is 4. The van der Waals surface area contributed by atoms with Crippen LogP contribution in [0.25, 0.3) is 0 Å². The summed E-state index contributed by atoms with van der Waals surface area (Å²) >= 11 is 0. The van der Waals surface area contributed by atoms with Crippen LogP contribution in [0.2, 0.25) is 0 Å². The Balaban J connectivity index is 1.23. The summed E-state index contributed by atoms with van der Waals surface area (Å²) in [4.78, 5) is 0. The smallest absolute Gasteiger partial charge is 0.212 e. The molecule has 4 fully saturated rings. The molecule has 7 nitrogen and oxygen atoms in total. The van der Waals surface area contributed by atoms with Crippen LogP contribution in [-0.4, -0.2) is 85.0 Å². The molecule has 2 aliphatic heterocycles. The highest BCUT2D eigenvalue weighted by atomic mass is 32.2. The van der Waals surface area contributed by atoms with Crippen LogP contribution in [0.1, 0.15) is 64.2 Å². The van der Waals surface area contributed by atoms with E-state index in [1.807, 2.05) is 15.7 Å². The van der Waals surface area contributed by atoms with Gasteiger partial charge in [0.15, 0.2) is 0 Å². The third-order valence-electron chi connectivity index (χ3n) is 7.06. The van der Waals surface area contributed by atoms with Crippen molar-refractivity contribution < 1.29 is 27.4 Å². The molecular weight excluding hydrogens is 404 g/mol. The summed E-state index contributed by atoms with van der Waals surface area (Å²) in [5, 5.41) is 0. The number of nitrogens with one attached hydrogen (secondary N) is 1. The zero-order chi connectivity index (χ0) is 21.1. The Morgan fingerprint density at radius 1 is 0.900 bits per heavy atom. The van der Waals surface area contributed by atoms with Crippen molar-refractivity contribution in [1.29, 1.82) is 0 Å². The van der Waals surface area contributed by atoms with Crippen LogP contribution in [0, 0.1) is 0 Å². The summed E-state index contributed by atoms with van der Waals surface area (Å²) in [5.41, 5.74) is 0. The molecule has 0 aromatic heterocycles. The van der Waals surface area contributed by atoms with Crippen molar-refractivity contribution in [3.63, 3.8) is 0 Å². The zero-order valence-corrected chi connectivity index (χ0v) is 19.3. The summed E-state index contributed by atoms with van der Waals surface area (Å²) in [6.45, 7) is 0.633. The first-order valence-corrected chi connectivity index (χ1v) is 13.6. The molecule has 2 aliphatic carbocycles. The molecular formula is C20H37B2NO6S. The fraction of sp³-hybridized carbons (Fsp3) is 1.00. The van der Waals surface area contributed by atoms with Gasteiger partial charge in [-0.2, -0.15) is 0 Å². The minimum atomic E-state index is -3.41. The maximum absolute atomic E-state index is 12.8. The van der Waals surface area contributed by atoms with Gasteiger partial charge in [-0.05, 0) is 64.2 Å². The van der Waals surface area contributed by atoms with E-state index in [2.05, 4.69) is 4.72 Å². The second kappa shape index (κ2) is 10.2. The number of rotatable bonds is 11. The van der Waals surface area contributed by atoms with Gasteiger partial charge in [0.2, 0.25) is 10.0 Å². The van der Waals surface area contributed by atoms with Gasteiger partial charge in [0.25, 0.3) is 0 Å². The largest absolute Gasteiger partial charge is 0.382 e. The first-order chi connectivity index (χ1) is 14.4. The van der Waals surface area contributed by atoms with Crippen LogP contribution in [0.4, 0.5) is 0 Å². The second-order valence-electron chi connectivity index (χ2n) is 9.71. The molecule has 0 aromatic rings. The maximum Gasteiger partial charge on any atom is 0.212 e. The highest BCUT2D eigenvalue weighted by Crippen LogP contribution is 2.31. The molecule has 2 heterocycles. The van der Waals surface area contributed by atoms with Gasteiger partial charge < -0.3 is 18.9 Å². The van der Waals surface area contributed by atoms with E-state index in [9.17, 15) is 8.42 Å². The molecule has 170 valence electrons. The minimum absolute atomic E-state index is 0.0201. The van der Waals surface area contributed by atoms with Crippen molar-refractivity contribution in [3.8, 4) is 0 Å². The molecule has 6 unspecified atom stereocenters. The van der Waals surface area contributed by atoms with E-state index in [-0.39, 0.29) is 42.1 Å². The molecule has 0 radical (unpaired) electrons. The molecule has 0 amide bonds. The molecule has 10 heteroatoms. The predicted molar refractivity (Wildman–Crippen MR) is 120 cm³/mol. The second-order valence-corrected chi connectivity index (χ2v) is 11.6. The van der Waals surface area contributed by atoms with Crippen molar-refractivity contribution in [2.45, 2.75) is 113 Å². The molecule has 2 saturated heterocycles. The number of hydrogen-bond acceptors (Lipinski definition) is 6. The monoisotopic (exact) mass is 441 g/mol. The molecule has 1 N–H and O–H groups in total. The quantitative estimate of drug-likeness (QED) is 0.457. The van der Waals surface area contributed by atoms with E-state index < -0.39 is 10.0 Å². The van der Waals surface area contributed by atoms with Crippen LogP contribution in [0.15, 0.2) is 0 Å². The van der Waals surface area contributed by atoms with E-state index in [1.54, 1.807) is 0 Å². The summed E-state index contributed by atoms with van der Waals surface area (Å²) < 4.78 is 52.5. The zero-order valence-electron chi connectivity index (χ0n) is 18.5. The van der Waals surface area contributed by atoms with Gasteiger partial charge in [0, 0.05) is 24.7 Å². The lowest BCUT2D eigenvalue weighted by Gasteiger charge is -2.31. The standard InChI is InChI=1S/C20H37B2NO6S/c21-19-11-15(16(28-19)7-9-26-13-3-1-4-13)23-30(24,25)10-8-17-18(12-20(22)29-17)27-14-5-2-6-14/h13-20,23H,1-12,21-22H2. The Labute approximate surface area is 183 Å². The molecule has 0 bridgehead atoms. The topological polar surface area (TPSA) is 83.1 Å². The summed E-state index contributed by atoms with van der Waals surface area (Å²) in [5.74, 6) is 0.0606. The first-order valence-electron chi connectivity index (χ1n) is 12.0. The Morgan fingerprint density at radius 2 is 1.57 bits per heavy atom. The molecule has 2 saturated carbocycles. The number of sulfonamides is 1. The lowest BCUT2D eigenvalue weighted by molar-refractivity contribution is -0.0803. The molecule has 4 rings (SSSR count). The van der Waals surface area contributed by atoms with Gasteiger partial charge in [-0.3, -0.25) is 0 Å². The fourth-order valence-corrected chi connectivity index (χ4v) is 6.24. The third-order valence-corrected chi connectivity index (χ3v) is 8.49. The lowest BCUT2D eigenvalue weighted by Crippen LogP contribution is -2.43. The van der Waals surface area contributed by atoms with Crippen molar-refractivity contribution in [1.82, 2.24) is 4.72 Å². The fourth-order valence-electron chi connectivity index (χ4n) is 4.87. The Morgan fingerprint density at radius 3 is 2.23 bits per heavy atom. The molecule has 30 heavy (non-hydrogen) atoms. The van der Waals surface area contributed by atoms with Crippen LogP contribution >= 0.6 is 0 Å². The molecule has 6 atom stereocenters. The Kier molecular flexibility index (Phi) is 7.85. The third kappa shape index (κ3) is 6.23. The van der Waals surface area contributed by atoms with Crippen LogP contribution in [0.5, 0.6) is 0 Å². The SMILES string of the molecule is BC1CC(NS(=O)(=O)CCC2OC(B)CC2OC2CCC2)C(CCOC2CCC2)O1. The molecule has 4 aliphatic rings. The summed E-state index contributed by atoms with van der Waals surface area (Å²) in [6.07, 6.45) is 10.2. The average molecular weight is 441 g/mol. The predicted octanol–water partition coefficient (Wildman–Crippen LogP) is 0.0576. The lowest BCUT2D eigenvalue weighted by atomic mass is 9.93. The summed E-state index contributed by atoms with van der Waals surface area (Å²) in [6, 6.07) is 0.00554. The van der Waals surface area contributed by atoms with Gasteiger partial charge in [-0.1, -0.05) is 0 Å². The Hall–Kier alpha value is -0.120. The molecule has 0 aromatic carbocycles. The van der Waals surface area contributed by atoms with Crippen LogP contribution < -0.4 is 4.72 Å². The highest BCUT2D eigenvalue weighted by Gasteiger charge is 2.39. The summed E-state index contributed by atoms with van der Waals surface area (Å²) in [7, 11) is 0.632. The van der Waals surface area contributed by atoms with Gasteiger partial charge in [0.05, 0.1) is 36.3 Å². The van der Waals surface area contributed by atoms with Crippen molar-refractivity contribution >= 4 is 25.7 Å². The van der Waals surface area contributed by atoms with E-state index in [0.717, 1.165) is 38.5 Å². The van der Waals surface area contributed by atoms with E-state index in [0.29, 0.717) is 31.7 Å². The van der Waals surface area contributed by atoms with Crippen LogP contribution in [-0.2, 0) is 29.0 Å². The Bertz CT molecular complexity index is 660. The van der Waals surface area contributed by atoms with Crippen molar-refractivity contribution in [2.24, 2.45) is 0 Å². The van der Waals surface area contributed by atoms with Gasteiger partial charge in [0.1, 0.15) is 15.7 Å². The normalized spacial score (nSPS) is 37.9. The highest BCUT2D eigenvalue weighted by molar-refractivity contribution is 7.89. The van der Waals surface area contributed by atoms with E-state index >= 15 is 0 Å². The van der Waals surface area contributed by atoms with E-state index in [1.165, 1.54) is 12.8 Å². The first kappa shape index (κ1) is 23.1. The van der Waals surface area contributed by atoms with Gasteiger partial charge in [-0.15, -0.1) is 0 Å². The van der Waals surface area contributed by atoms with E-state index in [4.69, 9.17) is 18.9 Å². The molecule has 0 spiro atoms. The van der Waals surface area contributed by atoms with Crippen molar-refractivity contribution in [3.05, 3.63) is 0 Å². The average Bonchev–Trinajstić information content (AvgIpc) is 3.13. The van der Waals surface area contributed by atoms with Gasteiger partial charge in [-0.25, -0.2) is 13.1 Å². The minimum Gasteiger partial charge on any atom is -0.382 e. The number of hydrogen-bond donors (Lipinski definition) is 1. The maximum atomic E-state index is 12.8. The van der Waals surface area contributed by atoms with Crippen LogP contribution in [0.3, 0.4) is 0 Å².